The number of halogens is 1. The standard InChI is InChI=1S/C18H11ClN4O3/c19-12-6-7-13(22-10-12)23-16(24)14-15(21-9-8-20-14)17(23)26-18(25)11-4-2-1-3-5-11/h1-10,17H. The van der Waals surface area contributed by atoms with Gasteiger partial charge in [-0.1, -0.05) is 29.8 Å². The first-order valence-electron chi connectivity index (χ1n) is 7.67. The summed E-state index contributed by atoms with van der Waals surface area (Å²) in [5, 5.41) is 0.423. The zero-order valence-electron chi connectivity index (χ0n) is 13.2. The lowest BCUT2D eigenvalue weighted by atomic mass is 10.2. The molecule has 0 saturated heterocycles. The highest BCUT2D eigenvalue weighted by Crippen LogP contribution is 2.35. The number of benzene rings is 1. The van der Waals surface area contributed by atoms with E-state index >= 15 is 0 Å². The molecule has 1 aromatic carbocycles. The molecule has 0 N–H and O–H groups in total. The molecule has 8 heteroatoms. The summed E-state index contributed by atoms with van der Waals surface area (Å²) >= 11 is 5.87. The number of hydrogen-bond donors (Lipinski definition) is 0. The van der Waals surface area contributed by atoms with Gasteiger partial charge in [0.1, 0.15) is 11.5 Å². The van der Waals surface area contributed by atoms with Crippen LogP contribution in [0.4, 0.5) is 5.82 Å². The Labute approximate surface area is 153 Å². The number of rotatable bonds is 3. The van der Waals surface area contributed by atoms with E-state index in [0.717, 1.165) is 0 Å². The van der Waals surface area contributed by atoms with Crippen LogP contribution in [0.3, 0.4) is 0 Å². The van der Waals surface area contributed by atoms with Gasteiger partial charge in [0.05, 0.1) is 10.6 Å². The summed E-state index contributed by atoms with van der Waals surface area (Å²) in [5.74, 6) is -0.750. The molecule has 1 amide bonds. The number of esters is 1. The molecular formula is C18H11ClN4O3. The molecule has 1 aliphatic heterocycles. The maximum absolute atomic E-state index is 12.8. The van der Waals surface area contributed by atoms with Crippen molar-refractivity contribution >= 4 is 29.3 Å². The highest BCUT2D eigenvalue weighted by Gasteiger charge is 2.43. The number of nitrogens with zero attached hydrogens (tertiary/aromatic N) is 4. The summed E-state index contributed by atoms with van der Waals surface area (Å²) in [6.07, 6.45) is 3.19. The number of aromatic nitrogens is 3. The summed E-state index contributed by atoms with van der Waals surface area (Å²) in [6, 6.07) is 11.7. The van der Waals surface area contributed by atoms with Gasteiger partial charge in [-0.05, 0) is 24.3 Å². The zero-order chi connectivity index (χ0) is 18.1. The molecule has 4 rings (SSSR count). The van der Waals surface area contributed by atoms with Gasteiger partial charge < -0.3 is 4.74 Å². The smallest absolute Gasteiger partial charge is 0.340 e. The van der Waals surface area contributed by atoms with Crippen LogP contribution in [-0.4, -0.2) is 26.8 Å². The van der Waals surface area contributed by atoms with Gasteiger partial charge in [-0.25, -0.2) is 19.7 Å². The van der Waals surface area contributed by atoms with Gasteiger partial charge in [-0.2, -0.15) is 0 Å². The third-order valence-corrected chi connectivity index (χ3v) is 4.03. The number of anilines is 1. The Bertz CT molecular complexity index is 979. The van der Waals surface area contributed by atoms with Crippen molar-refractivity contribution in [1.82, 2.24) is 15.0 Å². The van der Waals surface area contributed by atoms with E-state index < -0.39 is 18.1 Å². The van der Waals surface area contributed by atoms with Gasteiger partial charge in [0.2, 0.25) is 6.23 Å². The van der Waals surface area contributed by atoms with Gasteiger partial charge >= 0.3 is 5.97 Å². The van der Waals surface area contributed by atoms with Crippen LogP contribution in [0.1, 0.15) is 32.8 Å². The van der Waals surface area contributed by atoms with Gasteiger partial charge in [0.25, 0.3) is 5.91 Å². The van der Waals surface area contributed by atoms with Crippen LogP contribution in [0.2, 0.25) is 5.02 Å². The number of hydrogen-bond acceptors (Lipinski definition) is 6. The number of amides is 1. The molecule has 3 heterocycles. The van der Waals surface area contributed by atoms with Crippen molar-refractivity contribution in [3.05, 3.63) is 83.0 Å². The van der Waals surface area contributed by atoms with Crippen LogP contribution in [0.5, 0.6) is 0 Å². The fourth-order valence-corrected chi connectivity index (χ4v) is 2.74. The molecular weight excluding hydrogens is 356 g/mol. The molecule has 128 valence electrons. The van der Waals surface area contributed by atoms with E-state index in [9.17, 15) is 9.59 Å². The second kappa shape index (κ2) is 6.53. The Morgan fingerprint density at radius 1 is 1.04 bits per heavy atom. The van der Waals surface area contributed by atoms with Crippen molar-refractivity contribution < 1.29 is 14.3 Å². The summed E-state index contributed by atoms with van der Waals surface area (Å²) in [7, 11) is 0. The molecule has 7 nitrogen and oxygen atoms in total. The molecule has 26 heavy (non-hydrogen) atoms. The first-order chi connectivity index (χ1) is 12.6. The number of fused-ring (bicyclic) bond motifs is 1. The Balaban J connectivity index is 1.74. The topological polar surface area (TPSA) is 85.3 Å². The first-order valence-corrected chi connectivity index (χ1v) is 8.05. The second-order valence-corrected chi connectivity index (χ2v) is 5.86. The maximum atomic E-state index is 12.8. The van der Waals surface area contributed by atoms with Gasteiger partial charge in [-0.15, -0.1) is 0 Å². The molecule has 0 aliphatic carbocycles. The van der Waals surface area contributed by atoms with E-state index in [0.29, 0.717) is 10.6 Å². The van der Waals surface area contributed by atoms with Crippen LogP contribution in [0, 0.1) is 0 Å². The molecule has 1 atom stereocenters. The van der Waals surface area contributed by atoms with Gasteiger partial charge in [0.15, 0.2) is 5.69 Å². The van der Waals surface area contributed by atoms with Crippen LogP contribution in [-0.2, 0) is 4.74 Å². The maximum Gasteiger partial charge on any atom is 0.340 e. The summed E-state index contributed by atoms with van der Waals surface area (Å²) < 4.78 is 5.58. The SMILES string of the molecule is O=C(OC1c2nccnc2C(=O)N1c1ccc(Cl)cn1)c1ccccc1. The lowest BCUT2D eigenvalue weighted by Crippen LogP contribution is -2.31. The molecule has 1 aliphatic rings. The second-order valence-electron chi connectivity index (χ2n) is 5.42. The summed E-state index contributed by atoms with van der Waals surface area (Å²) in [6.45, 7) is 0. The van der Waals surface area contributed by atoms with Crippen molar-refractivity contribution in [3.63, 3.8) is 0 Å². The minimum absolute atomic E-state index is 0.120. The number of pyridine rings is 1. The molecule has 2 aromatic heterocycles. The van der Waals surface area contributed by atoms with E-state index in [-0.39, 0.29) is 17.2 Å². The fraction of sp³-hybridized carbons (Fsp3) is 0.0556. The minimum Gasteiger partial charge on any atom is -0.431 e. The Hall–Kier alpha value is -3.32. The van der Waals surface area contributed by atoms with Gasteiger partial charge in [0, 0.05) is 18.6 Å². The van der Waals surface area contributed by atoms with Crippen molar-refractivity contribution in [2.24, 2.45) is 0 Å². The fourth-order valence-electron chi connectivity index (χ4n) is 2.62. The van der Waals surface area contributed by atoms with E-state index in [2.05, 4.69) is 15.0 Å². The Morgan fingerprint density at radius 2 is 1.81 bits per heavy atom. The predicted octanol–water partition coefficient (Wildman–Crippen LogP) is 3.04. The summed E-state index contributed by atoms with van der Waals surface area (Å²) in [4.78, 5) is 38.9. The van der Waals surface area contributed by atoms with Crippen molar-refractivity contribution in [1.29, 1.82) is 0 Å². The van der Waals surface area contributed by atoms with Gasteiger partial charge in [-0.3, -0.25) is 9.78 Å². The van der Waals surface area contributed by atoms with Crippen LogP contribution in [0.15, 0.2) is 61.1 Å². The van der Waals surface area contributed by atoms with E-state index in [1.807, 2.05) is 0 Å². The lowest BCUT2D eigenvalue weighted by molar-refractivity contribution is 0.0298. The third-order valence-electron chi connectivity index (χ3n) is 3.80. The number of ether oxygens (including phenoxy) is 1. The molecule has 0 bridgehead atoms. The molecule has 1 unspecified atom stereocenters. The van der Waals surface area contributed by atoms with Crippen molar-refractivity contribution in [2.75, 3.05) is 4.90 Å². The molecule has 0 spiro atoms. The molecule has 3 aromatic rings. The molecule has 0 saturated carbocycles. The zero-order valence-corrected chi connectivity index (χ0v) is 14.0. The van der Waals surface area contributed by atoms with Crippen LogP contribution in [0.25, 0.3) is 0 Å². The lowest BCUT2D eigenvalue weighted by Gasteiger charge is -2.23. The molecule has 0 fully saturated rings. The molecule has 0 radical (unpaired) electrons. The average molecular weight is 367 g/mol. The van der Waals surface area contributed by atoms with E-state index in [1.54, 1.807) is 42.5 Å². The predicted molar refractivity (Wildman–Crippen MR) is 92.7 cm³/mol. The monoisotopic (exact) mass is 366 g/mol. The number of carbonyl (C=O) groups is 2. The average Bonchev–Trinajstić information content (AvgIpc) is 2.95. The van der Waals surface area contributed by atoms with E-state index in [1.165, 1.54) is 23.5 Å². The normalized spacial score (nSPS) is 15.7. The van der Waals surface area contributed by atoms with Crippen molar-refractivity contribution in [3.8, 4) is 0 Å². The van der Waals surface area contributed by atoms with Crippen molar-refractivity contribution in [2.45, 2.75) is 6.23 Å². The van der Waals surface area contributed by atoms with Crippen LogP contribution < -0.4 is 4.90 Å². The largest absolute Gasteiger partial charge is 0.431 e. The van der Waals surface area contributed by atoms with Crippen LogP contribution >= 0.6 is 11.6 Å². The Morgan fingerprint density at radius 3 is 2.54 bits per heavy atom. The highest BCUT2D eigenvalue weighted by molar-refractivity contribution is 6.30. The minimum atomic E-state index is -1.06. The van der Waals surface area contributed by atoms with E-state index in [4.69, 9.17) is 16.3 Å². The Kier molecular flexibility index (Phi) is 4.06. The quantitative estimate of drug-likeness (QED) is 0.662. The highest BCUT2D eigenvalue weighted by atomic mass is 35.5. The first kappa shape index (κ1) is 16.2. The number of carbonyl (C=O) groups excluding carboxylic acids is 2. The third kappa shape index (κ3) is 2.78. The summed E-state index contributed by atoms with van der Waals surface area (Å²) in [5.41, 5.74) is 0.745.